The first kappa shape index (κ1) is 8.94. The van der Waals surface area contributed by atoms with Crippen molar-refractivity contribution in [3.63, 3.8) is 0 Å². The first-order chi connectivity index (χ1) is 5.79. The van der Waals surface area contributed by atoms with Crippen LogP contribution < -0.4 is 0 Å². The Bertz CT molecular complexity index is 351. The van der Waals surface area contributed by atoms with Gasteiger partial charge in [-0.15, -0.1) is 11.3 Å². The molecule has 0 radical (unpaired) electrons. The van der Waals surface area contributed by atoms with Crippen molar-refractivity contribution in [1.29, 1.82) is 0 Å². The zero-order valence-corrected chi connectivity index (χ0v) is 10.7. The molecule has 0 bridgehead atoms. The van der Waals surface area contributed by atoms with Gasteiger partial charge >= 0.3 is 0 Å². The minimum Gasteiger partial charge on any atom is -0.151 e. The Morgan fingerprint density at radius 1 is 1.08 bits per heavy atom. The van der Waals surface area contributed by atoms with Gasteiger partial charge in [-0.2, -0.15) is 11.3 Å². The topological polar surface area (TPSA) is 0 Å². The van der Waals surface area contributed by atoms with E-state index in [9.17, 15) is 0 Å². The van der Waals surface area contributed by atoms with Crippen molar-refractivity contribution >= 4 is 54.5 Å². The van der Waals surface area contributed by atoms with Gasteiger partial charge in [0.15, 0.2) is 0 Å². The average molecular weight is 324 g/mol. The molecular formula is C8H4Br2S2. The lowest BCUT2D eigenvalue weighted by Gasteiger charge is -1.94. The number of halogens is 2. The number of thiophene rings is 2. The second-order valence-electron chi connectivity index (χ2n) is 2.23. The van der Waals surface area contributed by atoms with Gasteiger partial charge in [0.05, 0.1) is 4.88 Å². The molecule has 0 nitrogen and oxygen atoms in total. The molecule has 0 aromatic carbocycles. The number of hydrogen-bond donors (Lipinski definition) is 0. The lowest BCUT2D eigenvalue weighted by molar-refractivity contribution is 1.78. The highest BCUT2D eigenvalue weighted by molar-refractivity contribution is 9.11. The molecule has 0 spiro atoms. The third kappa shape index (κ3) is 1.53. The molecule has 0 fully saturated rings. The standard InChI is InChI=1S/C8H4Br2S2/c9-6-1-2-12-8(6)5-3-11-4-7(5)10/h1-4H. The fourth-order valence-corrected chi connectivity index (χ4v) is 4.24. The predicted octanol–water partition coefficient (Wildman–Crippen LogP) is 5.00. The molecule has 2 aromatic heterocycles. The molecule has 0 amide bonds. The van der Waals surface area contributed by atoms with E-state index in [1.165, 1.54) is 19.4 Å². The minimum atomic E-state index is 1.17. The van der Waals surface area contributed by atoms with Gasteiger partial charge in [-0.25, -0.2) is 0 Å². The summed E-state index contributed by atoms with van der Waals surface area (Å²) in [6.07, 6.45) is 0. The molecule has 0 atom stereocenters. The van der Waals surface area contributed by atoms with Crippen LogP contribution >= 0.6 is 54.5 Å². The van der Waals surface area contributed by atoms with Crippen molar-refractivity contribution in [2.75, 3.05) is 0 Å². The van der Waals surface area contributed by atoms with Crippen molar-refractivity contribution in [3.8, 4) is 10.4 Å². The predicted molar refractivity (Wildman–Crippen MR) is 63.0 cm³/mol. The smallest absolute Gasteiger partial charge is 0.0504 e. The van der Waals surface area contributed by atoms with E-state index in [0.717, 1.165) is 0 Å². The normalized spacial score (nSPS) is 10.5. The Kier molecular flexibility index (Phi) is 2.69. The van der Waals surface area contributed by atoms with Gasteiger partial charge in [0, 0.05) is 25.3 Å². The molecule has 0 aliphatic carbocycles. The largest absolute Gasteiger partial charge is 0.151 e. The monoisotopic (exact) mass is 322 g/mol. The molecule has 0 unspecified atom stereocenters. The first-order valence-corrected chi connectivity index (χ1v) is 6.65. The number of hydrogen-bond acceptors (Lipinski definition) is 2. The molecule has 2 rings (SSSR count). The van der Waals surface area contributed by atoms with Crippen molar-refractivity contribution in [1.82, 2.24) is 0 Å². The van der Waals surface area contributed by atoms with Gasteiger partial charge in [-0.3, -0.25) is 0 Å². The van der Waals surface area contributed by atoms with Crippen LogP contribution in [-0.2, 0) is 0 Å². The summed E-state index contributed by atoms with van der Waals surface area (Å²) >= 11 is 10.5. The Morgan fingerprint density at radius 2 is 1.92 bits per heavy atom. The first-order valence-electron chi connectivity index (χ1n) is 3.24. The third-order valence-electron chi connectivity index (χ3n) is 1.48. The quantitative estimate of drug-likeness (QED) is 0.692. The molecule has 2 aromatic rings. The Labute approximate surface area is 95.5 Å². The lowest BCUT2D eigenvalue weighted by atomic mass is 10.3. The Morgan fingerprint density at radius 3 is 2.42 bits per heavy atom. The minimum absolute atomic E-state index is 1.17. The van der Waals surface area contributed by atoms with Crippen molar-refractivity contribution < 1.29 is 0 Å². The zero-order chi connectivity index (χ0) is 8.55. The van der Waals surface area contributed by atoms with E-state index < -0.39 is 0 Å². The average Bonchev–Trinajstić information content (AvgIpc) is 2.59. The van der Waals surface area contributed by atoms with Gasteiger partial charge in [-0.1, -0.05) is 0 Å². The van der Waals surface area contributed by atoms with Crippen molar-refractivity contribution in [2.45, 2.75) is 0 Å². The van der Waals surface area contributed by atoms with Crippen molar-refractivity contribution in [3.05, 3.63) is 31.2 Å². The van der Waals surface area contributed by atoms with Gasteiger partial charge in [0.2, 0.25) is 0 Å². The zero-order valence-electron chi connectivity index (χ0n) is 5.88. The van der Waals surface area contributed by atoms with Gasteiger partial charge in [-0.05, 0) is 43.3 Å². The van der Waals surface area contributed by atoms with E-state index in [1.54, 1.807) is 22.7 Å². The van der Waals surface area contributed by atoms with Crippen LogP contribution in [0.5, 0.6) is 0 Å². The molecule has 0 saturated carbocycles. The summed E-state index contributed by atoms with van der Waals surface area (Å²) in [5.74, 6) is 0. The summed E-state index contributed by atoms with van der Waals surface area (Å²) in [7, 11) is 0. The molecule has 4 heteroatoms. The van der Waals surface area contributed by atoms with Gasteiger partial charge in [0.25, 0.3) is 0 Å². The van der Waals surface area contributed by atoms with Crippen LogP contribution in [0.1, 0.15) is 0 Å². The van der Waals surface area contributed by atoms with Crippen LogP contribution in [0.15, 0.2) is 31.2 Å². The molecular weight excluding hydrogens is 320 g/mol. The van der Waals surface area contributed by atoms with E-state index in [4.69, 9.17) is 0 Å². The third-order valence-corrected chi connectivity index (χ3v) is 5.05. The van der Waals surface area contributed by atoms with Crippen LogP contribution in [0.2, 0.25) is 0 Å². The molecule has 12 heavy (non-hydrogen) atoms. The van der Waals surface area contributed by atoms with Crippen molar-refractivity contribution in [2.24, 2.45) is 0 Å². The summed E-state index contributed by atoms with van der Waals surface area (Å²) < 4.78 is 2.35. The molecule has 0 aliphatic rings. The highest BCUT2D eigenvalue weighted by Gasteiger charge is 2.08. The fourth-order valence-electron chi connectivity index (χ4n) is 0.929. The fraction of sp³-hybridized carbons (Fsp3) is 0. The summed E-state index contributed by atoms with van der Waals surface area (Å²) in [5, 5.41) is 6.34. The van der Waals surface area contributed by atoms with Gasteiger partial charge in [0.1, 0.15) is 0 Å². The maximum Gasteiger partial charge on any atom is 0.0504 e. The summed E-state index contributed by atoms with van der Waals surface area (Å²) in [6.45, 7) is 0. The SMILES string of the molecule is Brc1cscc1-c1sccc1Br. The summed E-state index contributed by atoms with van der Waals surface area (Å²) in [4.78, 5) is 1.29. The lowest BCUT2D eigenvalue weighted by Crippen LogP contribution is -1.67. The summed E-state index contributed by atoms with van der Waals surface area (Å²) in [5.41, 5.74) is 1.28. The second kappa shape index (κ2) is 3.62. The van der Waals surface area contributed by atoms with Gasteiger partial charge < -0.3 is 0 Å². The second-order valence-corrected chi connectivity index (χ2v) is 5.60. The number of rotatable bonds is 1. The maximum absolute atomic E-state index is 3.52. The van der Waals surface area contributed by atoms with E-state index in [2.05, 4.69) is 54.1 Å². The highest BCUT2D eigenvalue weighted by atomic mass is 79.9. The maximum atomic E-state index is 3.52. The summed E-state index contributed by atoms with van der Waals surface area (Å²) in [6, 6.07) is 2.07. The Balaban J connectivity index is 2.57. The van der Waals surface area contributed by atoms with Crippen LogP contribution in [-0.4, -0.2) is 0 Å². The van der Waals surface area contributed by atoms with E-state index >= 15 is 0 Å². The highest BCUT2D eigenvalue weighted by Crippen LogP contribution is 2.39. The van der Waals surface area contributed by atoms with E-state index in [1.807, 2.05) is 0 Å². The van der Waals surface area contributed by atoms with Crippen LogP contribution in [0.25, 0.3) is 10.4 Å². The molecule has 0 N–H and O–H groups in total. The molecule has 2 heterocycles. The van der Waals surface area contributed by atoms with E-state index in [-0.39, 0.29) is 0 Å². The Hall–Kier alpha value is 0.360. The molecule has 62 valence electrons. The molecule has 0 saturated heterocycles. The van der Waals surface area contributed by atoms with Crippen LogP contribution in [0, 0.1) is 0 Å². The van der Waals surface area contributed by atoms with Crippen LogP contribution in [0.4, 0.5) is 0 Å². The van der Waals surface area contributed by atoms with Crippen LogP contribution in [0.3, 0.4) is 0 Å². The molecule has 0 aliphatic heterocycles. The van der Waals surface area contributed by atoms with E-state index in [0.29, 0.717) is 0 Å².